The van der Waals surface area contributed by atoms with E-state index in [0.717, 1.165) is 37.3 Å². The number of para-hydroxylation sites is 2. The second kappa shape index (κ2) is 8.76. The van der Waals surface area contributed by atoms with E-state index in [-0.39, 0.29) is 36.8 Å². The standard InChI is InChI=1S/C17H25N3O.2ClH/c1-19-10-11-20(16-9-5-4-8-15(16)19)17(21)12-13-6-2-3-7-14(13)18;;/h4-5,8-9,13-14H,2-3,6-7,10-12,18H2,1H3;2*1H. The van der Waals surface area contributed by atoms with Crippen LogP contribution in [-0.2, 0) is 4.79 Å². The molecule has 2 N–H and O–H groups in total. The molecular weight excluding hydrogens is 333 g/mol. The first-order chi connectivity index (χ1) is 10.2. The first kappa shape index (κ1) is 20.1. The summed E-state index contributed by atoms with van der Waals surface area (Å²) in [5, 5.41) is 0. The van der Waals surface area contributed by atoms with Crippen LogP contribution in [0.3, 0.4) is 0 Å². The molecule has 0 spiro atoms. The van der Waals surface area contributed by atoms with Crippen molar-refractivity contribution < 1.29 is 4.79 Å². The molecule has 4 nitrogen and oxygen atoms in total. The maximum Gasteiger partial charge on any atom is 0.227 e. The molecule has 2 aliphatic rings. The monoisotopic (exact) mass is 359 g/mol. The lowest BCUT2D eigenvalue weighted by atomic mass is 9.82. The second-order valence-electron chi connectivity index (χ2n) is 6.37. The van der Waals surface area contributed by atoms with E-state index in [1.54, 1.807) is 0 Å². The number of nitrogens with two attached hydrogens (primary N) is 1. The van der Waals surface area contributed by atoms with Crippen LogP contribution in [0.25, 0.3) is 0 Å². The van der Waals surface area contributed by atoms with Gasteiger partial charge in [0.25, 0.3) is 0 Å². The van der Waals surface area contributed by atoms with Crippen LogP contribution in [-0.4, -0.2) is 32.1 Å². The summed E-state index contributed by atoms with van der Waals surface area (Å²) in [5.74, 6) is 0.593. The fourth-order valence-corrected chi connectivity index (χ4v) is 3.59. The Morgan fingerprint density at radius 1 is 1.13 bits per heavy atom. The van der Waals surface area contributed by atoms with Crippen molar-refractivity contribution in [2.75, 3.05) is 29.9 Å². The first-order valence-electron chi connectivity index (χ1n) is 8.03. The summed E-state index contributed by atoms with van der Waals surface area (Å²) in [5.41, 5.74) is 8.38. The second-order valence-corrected chi connectivity index (χ2v) is 6.37. The Bertz CT molecular complexity index is 526. The summed E-state index contributed by atoms with van der Waals surface area (Å²) in [7, 11) is 2.08. The number of nitrogens with zero attached hydrogens (tertiary/aromatic N) is 2. The highest BCUT2D eigenvalue weighted by Crippen LogP contribution is 2.33. The number of rotatable bonds is 2. The minimum atomic E-state index is 0. The lowest BCUT2D eigenvalue weighted by molar-refractivity contribution is -0.119. The number of fused-ring (bicyclic) bond motifs is 1. The molecule has 2 unspecified atom stereocenters. The number of anilines is 2. The van der Waals surface area contributed by atoms with E-state index in [1.807, 2.05) is 23.1 Å². The Balaban J connectivity index is 0.00000132. The molecule has 130 valence electrons. The van der Waals surface area contributed by atoms with E-state index >= 15 is 0 Å². The van der Waals surface area contributed by atoms with Gasteiger partial charge in [0.05, 0.1) is 11.4 Å². The van der Waals surface area contributed by atoms with Crippen molar-refractivity contribution in [1.82, 2.24) is 0 Å². The molecule has 1 heterocycles. The van der Waals surface area contributed by atoms with Crippen molar-refractivity contribution in [3.05, 3.63) is 24.3 Å². The summed E-state index contributed by atoms with van der Waals surface area (Å²) >= 11 is 0. The molecule has 0 aromatic heterocycles. The van der Waals surface area contributed by atoms with Gasteiger partial charge in [-0.2, -0.15) is 0 Å². The van der Waals surface area contributed by atoms with Crippen LogP contribution >= 0.6 is 24.8 Å². The molecule has 1 aliphatic heterocycles. The molecule has 1 saturated carbocycles. The number of benzene rings is 1. The number of hydrogen-bond acceptors (Lipinski definition) is 3. The van der Waals surface area contributed by atoms with Gasteiger partial charge in [-0.05, 0) is 30.9 Å². The van der Waals surface area contributed by atoms with Crippen LogP contribution in [0.15, 0.2) is 24.3 Å². The molecule has 0 bridgehead atoms. The van der Waals surface area contributed by atoms with Crippen LogP contribution in [0.4, 0.5) is 11.4 Å². The molecule has 1 aromatic carbocycles. The van der Waals surface area contributed by atoms with Crippen molar-refractivity contribution in [3.8, 4) is 0 Å². The van der Waals surface area contributed by atoms with Crippen LogP contribution in [0.2, 0.25) is 0 Å². The quantitative estimate of drug-likeness (QED) is 0.881. The maximum atomic E-state index is 12.7. The number of carbonyl (C=O) groups is 1. The van der Waals surface area contributed by atoms with E-state index < -0.39 is 0 Å². The fourth-order valence-electron chi connectivity index (χ4n) is 3.59. The zero-order chi connectivity index (χ0) is 14.8. The van der Waals surface area contributed by atoms with Gasteiger partial charge < -0.3 is 15.5 Å². The predicted molar refractivity (Wildman–Crippen MR) is 101 cm³/mol. The summed E-state index contributed by atoms with van der Waals surface area (Å²) in [6, 6.07) is 8.36. The molecule has 0 saturated heterocycles. The van der Waals surface area contributed by atoms with Crippen molar-refractivity contribution in [1.29, 1.82) is 0 Å². The topological polar surface area (TPSA) is 49.6 Å². The Labute approximate surface area is 151 Å². The highest BCUT2D eigenvalue weighted by molar-refractivity contribution is 5.98. The highest BCUT2D eigenvalue weighted by atomic mass is 35.5. The molecule has 2 atom stereocenters. The van der Waals surface area contributed by atoms with Gasteiger partial charge in [-0.3, -0.25) is 4.79 Å². The number of hydrogen-bond donors (Lipinski definition) is 1. The van der Waals surface area contributed by atoms with Crippen molar-refractivity contribution in [3.63, 3.8) is 0 Å². The van der Waals surface area contributed by atoms with Crippen LogP contribution in [0, 0.1) is 5.92 Å². The number of amides is 1. The predicted octanol–water partition coefficient (Wildman–Crippen LogP) is 3.22. The van der Waals surface area contributed by atoms with Gasteiger partial charge >= 0.3 is 0 Å². The Kier molecular flexibility index (Phi) is 7.65. The highest BCUT2D eigenvalue weighted by Gasteiger charge is 2.29. The summed E-state index contributed by atoms with van der Waals surface area (Å²) in [4.78, 5) is 16.9. The third-order valence-corrected chi connectivity index (χ3v) is 4.95. The molecule has 6 heteroatoms. The molecule has 1 aromatic rings. The van der Waals surface area contributed by atoms with Gasteiger partial charge in [-0.1, -0.05) is 25.0 Å². The number of likely N-dealkylation sites (N-methyl/N-ethyl adjacent to an activating group) is 1. The van der Waals surface area contributed by atoms with E-state index in [1.165, 1.54) is 12.8 Å². The van der Waals surface area contributed by atoms with Crippen LogP contribution in [0.5, 0.6) is 0 Å². The van der Waals surface area contributed by atoms with E-state index in [9.17, 15) is 4.79 Å². The molecule has 0 radical (unpaired) electrons. The minimum Gasteiger partial charge on any atom is -0.371 e. The van der Waals surface area contributed by atoms with Gasteiger partial charge in [0.15, 0.2) is 0 Å². The molecule has 23 heavy (non-hydrogen) atoms. The Morgan fingerprint density at radius 2 is 1.78 bits per heavy atom. The van der Waals surface area contributed by atoms with Crippen LogP contribution < -0.4 is 15.5 Å². The number of halogens is 2. The average Bonchev–Trinajstić information content (AvgIpc) is 2.50. The molecule has 3 rings (SSSR count). The molecular formula is C17H27Cl2N3O. The normalized spacial score (nSPS) is 23.4. The van der Waals surface area contributed by atoms with Gasteiger partial charge in [-0.25, -0.2) is 0 Å². The molecule has 1 aliphatic carbocycles. The van der Waals surface area contributed by atoms with Gasteiger partial charge in [0, 0.05) is 32.6 Å². The third kappa shape index (κ3) is 4.31. The van der Waals surface area contributed by atoms with E-state index in [2.05, 4.69) is 18.0 Å². The van der Waals surface area contributed by atoms with Crippen LogP contribution in [0.1, 0.15) is 32.1 Å². The lowest BCUT2D eigenvalue weighted by Gasteiger charge is -2.37. The van der Waals surface area contributed by atoms with Crippen molar-refractivity contribution >= 4 is 42.1 Å². The van der Waals surface area contributed by atoms with Gasteiger partial charge in [0.2, 0.25) is 5.91 Å². The zero-order valence-corrected chi connectivity index (χ0v) is 15.2. The third-order valence-electron chi connectivity index (χ3n) is 4.95. The minimum absolute atomic E-state index is 0. The average molecular weight is 360 g/mol. The zero-order valence-electron chi connectivity index (χ0n) is 13.6. The summed E-state index contributed by atoms with van der Waals surface area (Å²) in [6.45, 7) is 1.66. The maximum absolute atomic E-state index is 12.7. The van der Waals surface area contributed by atoms with Gasteiger partial charge in [-0.15, -0.1) is 24.8 Å². The Morgan fingerprint density at radius 3 is 2.48 bits per heavy atom. The lowest BCUT2D eigenvalue weighted by Crippen LogP contribution is -2.44. The molecule has 1 fully saturated rings. The largest absolute Gasteiger partial charge is 0.371 e. The van der Waals surface area contributed by atoms with E-state index in [0.29, 0.717) is 12.3 Å². The SMILES string of the molecule is CN1CCN(C(=O)CC2CCCCC2N)c2ccccc21.Cl.Cl. The van der Waals surface area contributed by atoms with Crippen molar-refractivity contribution in [2.45, 2.75) is 38.1 Å². The molecule has 1 amide bonds. The van der Waals surface area contributed by atoms with Crippen molar-refractivity contribution in [2.24, 2.45) is 11.7 Å². The van der Waals surface area contributed by atoms with E-state index in [4.69, 9.17) is 5.73 Å². The smallest absolute Gasteiger partial charge is 0.227 e. The first-order valence-corrected chi connectivity index (χ1v) is 8.03. The van der Waals surface area contributed by atoms with Gasteiger partial charge in [0.1, 0.15) is 0 Å². The summed E-state index contributed by atoms with van der Waals surface area (Å²) < 4.78 is 0. The fraction of sp³-hybridized carbons (Fsp3) is 0.588. The Hall–Kier alpha value is -0.970. The number of carbonyl (C=O) groups excluding carboxylic acids is 1. The summed E-state index contributed by atoms with van der Waals surface area (Å²) in [6.07, 6.45) is 5.19.